The molecule has 6 nitrogen and oxygen atoms in total. The van der Waals surface area contributed by atoms with Crippen LogP contribution in [0.4, 0.5) is 0 Å². The number of nitrogens with two attached hydrogens (primary N) is 1. The molecule has 4 rings (SSSR count). The van der Waals surface area contributed by atoms with Gasteiger partial charge in [0.15, 0.2) is 5.69 Å². The average Bonchev–Trinajstić information content (AvgIpc) is 3.14. The fourth-order valence-electron chi connectivity index (χ4n) is 3.06. The zero-order valence-electron chi connectivity index (χ0n) is 12.7. The number of carbonyl (C=O) groups excluding carboxylic acids is 1. The molecule has 7 heteroatoms. The molecule has 2 aliphatic rings. The first-order chi connectivity index (χ1) is 11.1. The molecule has 0 radical (unpaired) electrons. The Balaban J connectivity index is 1.71. The number of carbonyl (C=O) groups is 1. The number of likely N-dealkylation sites (tertiary alicyclic amines) is 1. The number of benzene rings is 1. The third-order valence-corrected chi connectivity index (χ3v) is 4.98. The van der Waals surface area contributed by atoms with Gasteiger partial charge in [0.1, 0.15) is 0 Å². The standard InChI is InChI=1S/C16H18BrN5O/c17-11-3-5-13(6-4-11)22-15(10-1-2-10)14(19-20-22)16(23)21-8-7-12(18)9-21/h3-6,10,12H,1-2,7-9,18H2/t12-/m1/s1. The Morgan fingerprint density at radius 1 is 1.22 bits per heavy atom. The molecule has 1 saturated heterocycles. The number of hydrogen-bond acceptors (Lipinski definition) is 4. The van der Waals surface area contributed by atoms with Crippen molar-refractivity contribution < 1.29 is 4.79 Å². The highest BCUT2D eigenvalue weighted by Gasteiger charge is 2.36. The molecule has 0 bridgehead atoms. The maximum atomic E-state index is 12.8. The van der Waals surface area contributed by atoms with Crippen LogP contribution in [0.15, 0.2) is 28.7 Å². The largest absolute Gasteiger partial charge is 0.336 e. The summed E-state index contributed by atoms with van der Waals surface area (Å²) < 4.78 is 2.82. The smallest absolute Gasteiger partial charge is 0.276 e. The van der Waals surface area contributed by atoms with Gasteiger partial charge in [0.25, 0.3) is 5.91 Å². The van der Waals surface area contributed by atoms with E-state index >= 15 is 0 Å². The van der Waals surface area contributed by atoms with Gasteiger partial charge in [-0.15, -0.1) is 5.10 Å². The van der Waals surface area contributed by atoms with Gasteiger partial charge in [-0.05, 0) is 43.5 Å². The van der Waals surface area contributed by atoms with Crippen molar-refractivity contribution in [3.05, 3.63) is 40.1 Å². The predicted molar refractivity (Wildman–Crippen MR) is 89.5 cm³/mol. The van der Waals surface area contributed by atoms with Crippen LogP contribution < -0.4 is 5.73 Å². The highest BCUT2D eigenvalue weighted by Crippen LogP contribution is 2.42. The number of nitrogens with zero attached hydrogens (tertiary/aromatic N) is 4. The molecule has 2 N–H and O–H groups in total. The van der Waals surface area contributed by atoms with Crippen molar-refractivity contribution >= 4 is 21.8 Å². The minimum Gasteiger partial charge on any atom is -0.336 e. The monoisotopic (exact) mass is 375 g/mol. The van der Waals surface area contributed by atoms with Crippen LogP contribution in [0, 0.1) is 0 Å². The molecule has 1 atom stereocenters. The SMILES string of the molecule is N[C@@H]1CCN(C(=O)c2nnn(-c3ccc(Br)cc3)c2C2CC2)C1. The molecule has 23 heavy (non-hydrogen) atoms. The van der Waals surface area contributed by atoms with Crippen LogP contribution >= 0.6 is 15.9 Å². The lowest BCUT2D eigenvalue weighted by molar-refractivity contribution is 0.0783. The van der Waals surface area contributed by atoms with Gasteiger partial charge in [0.2, 0.25) is 0 Å². The van der Waals surface area contributed by atoms with E-state index in [0.29, 0.717) is 24.7 Å². The Kier molecular flexibility index (Phi) is 3.69. The van der Waals surface area contributed by atoms with E-state index in [2.05, 4.69) is 26.2 Å². The van der Waals surface area contributed by atoms with Gasteiger partial charge in [-0.25, -0.2) is 4.68 Å². The van der Waals surface area contributed by atoms with Gasteiger partial charge in [0, 0.05) is 29.5 Å². The zero-order chi connectivity index (χ0) is 16.0. The van der Waals surface area contributed by atoms with Crippen LogP contribution in [0.25, 0.3) is 5.69 Å². The number of rotatable bonds is 3. The van der Waals surface area contributed by atoms with E-state index in [1.54, 1.807) is 4.90 Å². The molecule has 2 aromatic rings. The Labute approximate surface area is 142 Å². The number of aromatic nitrogens is 3. The third kappa shape index (κ3) is 2.79. The van der Waals surface area contributed by atoms with Crippen molar-refractivity contribution in [3.8, 4) is 5.69 Å². The second-order valence-electron chi connectivity index (χ2n) is 6.29. The van der Waals surface area contributed by atoms with Gasteiger partial charge in [0.05, 0.1) is 11.4 Å². The molecule has 1 aliphatic heterocycles. The van der Waals surface area contributed by atoms with Crippen molar-refractivity contribution in [1.82, 2.24) is 19.9 Å². The molecule has 0 spiro atoms. The molecule has 2 fully saturated rings. The van der Waals surface area contributed by atoms with Crippen LogP contribution in [0.5, 0.6) is 0 Å². The summed E-state index contributed by atoms with van der Waals surface area (Å²) in [4.78, 5) is 14.6. The first kappa shape index (κ1) is 14.8. The van der Waals surface area contributed by atoms with Crippen molar-refractivity contribution in [2.24, 2.45) is 5.73 Å². The average molecular weight is 376 g/mol. The summed E-state index contributed by atoms with van der Waals surface area (Å²) in [6.45, 7) is 1.31. The van der Waals surface area contributed by atoms with Gasteiger partial charge < -0.3 is 10.6 Å². The molecular weight excluding hydrogens is 358 g/mol. The van der Waals surface area contributed by atoms with E-state index in [9.17, 15) is 4.79 Å². The van der Waals surface area contributed by atoms with E-state index in [-0.39, 0.29) is 11.9 Å². The fourth-order valence-corrected chi connectivity index (χ4v) is 3.32. The van der Waals surface area contributed by atoms with Crippen molar-refractivity contribution in [3.63, 3.8) is 0 Å². The zero-order valence-corrected chi connectivity index (χ0v) is 14.2. The molecule has 1 aromatic heterocycles. The lowest BCUT2D eigenvalue weighted by Crippen LogP contribution is -2.32. The van der Waals surface area contributed by atoms with Crippen LogP contribution in [0.3, 0.4) is 0 Å². The Hall–Kier alpha value is -1.73. The number of amides is 1. The van der Waals surface area contributed by atoms with Gasteiger partial charge in [-0.3, -0.25) is 4.79 Å². The second kappa shape index (κ2) is 5.72. The number of halogens is 1. The second-order valence-corrected chi connectivity index (χ2v) is 7.20. The van der Waals surface area contributed by atoms with E-state index < -0.39 is 0 Å². The normalized spacial score (nSPS) is 21.0. The van der Waals surface area contributed by atoms with Crippen molar-refractivity contribution in [1.29, 1.82) is 0 Å². The van der Waals surface area contributed by atoms with E-state index in [4.69, 9.17) is 5.73 Å². The predicted octanol–water partition coefficient (Wildman–Crippen LogP) is 2.08. The summed E-state index contributed by atoms with van der Waals surface area (Å²) in [5, 5.41) is 8.48. The highest BCUT2D eigenvalue weighted by atomic mass is 79.9. The summed E-state index contributed by atoms with van der Waals surface area (Å²) >= 11 is 3.44. The molecule has 1 amide bonds. The van der Waals surface area contributed by atoms with Crippen LogP contribution in [-0.4, -0.2) is 44.9 Å². The lowest BCUT2D eigenvalue weighted by atomic mass is 10.2. The van der Waals surface area contributed by atoms with E-state index in [1.807, 2.05) is 28.9 Å². The number of hydrogen-bond donors (Lipinski definition) is 1. The minimum atomic E-state index is -0.0387. The van der Waals surface area contributed by atoms with Crippen molar-refractivity contribution in [2.45, 2.75) is 31.2 Å². The molecular formula is C16H18BrN5O. The van der Waals surface area contributed by atoms with Crippen molar-refractivity contribution in [2.75, 3.05) is 13.1 Å². The summed E-state index contributed by atoms with van der Waals surface area (Å²) in [6.07, 6.45) is 3.03. The fraction of sp³-hybridized carbons (Fsp3) is 0.438. The first-order valence-electron chi connectivity index (χ1n) is 7.90. The molecule has 0 unspecified atom stereocenters. The summed E-state index contributed by atoms with van der Waals surface area (Å²) in [7, 11) is 0. The molecule has 1 saturated carbocycles. The maximum Gasteiger partial charge on any atom is 0.276 e. The van der Waals surface area contributed by atoms with Crippen LogP contribution in [0.2, 0.25) is 0 Å². The quantitative estimate of drug-likeness (QED) is 0.890. The molecule has 120 valence electrons. The van der Waals surface area contributed by atoms with Crippen LogP contribution in [0.1, 0.15) is 41.4 Å². The summed E-state index contributed by atoms with van der Waals surface area (Å²) in [6, 6.07) is 7.96. The maximum absolute atomic E-state index is 12.8. The van der Waals surface area contributed by atoms with Gasteiger partial charge in [-0.2, -0.15) is 0 Å². The highest BCUT2D eigenvalue weighted by molar-refractivity contribution is 9.10. The molecule has 1 aromatic carbocycles. The van der Waals surface area contributed by atoms with E-state index in [1.165, 1.54) is 0 Å². The topological polar surface area (TPSA) is 77.0 Å². The Morgan fingerprint density at radius 3 is 2.57 bits per heavy atom. The third-order valence-electron chi connectivity index (χ3n) is 4.45. The van der Waals surface area contributed by atoms with Gasteiger partial charge >= 0.3 is 0 Å². The lowest BCUT2D eigenvalue weighted by Gasteiger charge is -2.15. The Morgan fingerprint density at radius 2 is 1.96 bits per heavy atom. The minimum absolute atomic E-state index is 0.0387. The Bertz CT molecular complexity index is 737. The van der Waals surface area contributed by atoms with Crippen LogP contribution in [-0.2, 0) is 0 Å². The summed E-state index contributed by atoms with van der Waals surface area (Å²) in [5.41, 5.74) is 8.29. The van der Waals surface area contributed by atoms with E-state index in [0.717, 1.165) is 35.1 Å². The molecule has 1 aliphatic carbocycles. The van der Waals surface area contributed by atoms with Gasteiger partial charge in [-0.1, -0.05) is 21.1 Å². The summed E-state index contributed by atoms with van der Waals surface area (Å²) in [5.74, 6) is 0.340. The first-order valence-corrected chi connectivity index (χ1v) is 8.69. The molecule has 2 heterocycles.